The Balaban J connectivity index is 0.000000258. The summed E-state index contributed by atoms with van der Waals surface area (Å²) in [4.78, 5) is 25.3. The molecule has 29 heavy (non-hydrogen) atoms. The highest BCUT2D eigenvalue weighted by molar-refractivity contribution is 7.13. The molecule has 2 N–H and O–H groups in total. The minimum Gasteiger partial charge on any atom is -0.478 e. The molecule has 9 heteroatoms. The van der Waals surface area contributed by atoms with Crippen LogP contribution in [0, 0.1) is 0 Å². The average molecular weight is 417 g/mol. The molecule has 2 aliphatic heterocycles. The second-order valence-corrected chi connectivity index (χ2v) is 8.02. The molecule has 154 valence electrons. The van der Waals surface area contributed by atoms with Crippen LogP contribution in [-0.2, 0) is 9.59 Å². The minimum absolute atomic E-state index is 0.558. The lowest BCUT2D eigenvalue weighted by Crippen LogP contribution is -2.59. The molecule has 2 fully saturated rings. The number of piperidine rings is 1. The van der Waals surface area contributed by atoms with E-state index in [9.17, 15) is 9.59 Å². The highest BCUT2D eigenvalue weighted by Crippen LogP contribution is 2.30. The first kappa shape index (κ1) is 20.9. The SMILES string of the molecule is CN1C2CCCC1CN(c1ccc(-c3cccs3)nn1)C2.O=C(O)/C=C/C(=O)O. The lowest BCUT2D eigenvalue weighted by atomic mass is 9.92. The van der Waals surface area contributed by atoms with Crippen LogP contribution in [0.2, 0.25) is 0 Å². The van der Waals surface area contributed by atoms with Gasteiger partial charge in [-0.1, -0.05) is 12.5 Å². The highest BCUT2D eigenvalue weighted by Gasteiger charge is 2.35. The summed E-state index contributed by atoms with van der Waals surface area (Å²) >= 11 is 1.71. The van der Waals surface area contributed by atoms with Crippen molar-refractivity contribution in [2.45, 2.75) is 31.3 Å². The second-order valence-electron chi connectivity index (χ2n) is 7.07. The number of carboxylic acids is 2. The molecule has 2 aromatic rings. The first-order valence-electron chi connectivity index (χ1n) is 9.42. The van der Waals surface area contributed by atoms with Crippen LogP contribution in [0.25, 0.3) is 10.6 Å². The van der Waals surface area contributed by atoms with Gasteiger partial charge in [-0.15, -0.1) is 21.5 Å². The number of likely N-dealkylation sites (N-methyl/N-ethyl adjacent to an activating group) is 1. The van der Waals surface area contributed by atoms with Gasteiger partial charge in [0.15, 0.2) is 5.82 Å². The van der Waals surface area contributed by atoms with E-state index in [4.69, 9.17) is 10.2 Å². The molecule has 4 rings (SSSR count). The zero-order valence-electron chi connectivity index (χ0n) is 16.1. The van der Waals surface area contributed by atoms with Crippen LogP contribution in [0.4, 0.5) is 5.82 Å². The predicted molar refractivity (Wildman–Crippen MR) is 111 cm³/mol. The largest absolute Gasteiger partial charge is 0.478 e. The highest BCUT2D eigenvalue weighted by atomic mass is 32.1. The zero-order valence-corrected chi connectivity index (χ0v) is 17.0. The lowest BCUT2D eigenvalue weighted by molar-refractivity contribution is -0.134. The second kappa shape index (κ2) is 9.62. The van der Waals surface area contributed by atoms with Crippen LogP contribution >= 0.6 is 11.3 Å². The molecule has 2 aliphatic rings. The number of piperazine rings is 1. The van der Waals surface area contributed by atoms with Crippen molar-refractivity contribution in [2.24, 2.45) is 0 Å². The first-order chi connectivity index (χ1) is 13.9. The fourth-order valence-corrected chi connectivity index (χ4v) is 4.39. The van der Waals surface area contributed by atoms with E-state index in [-0.39, 0.29) is 0 Å². The molecule has 2 aromatic heterocycles. The van der Waals surface area contributed by atoms with Crippen LogP contribution in [0.3, 0.4) is 0 Å². The normalized spacial score (nSPS) is 21.5. The zero-order chi connectivity index (χ0) is 20.8. The maximum absolute atomic E-state index is 9.55. The number of anilines is 1. The van der Waals surface area contributed by atoms with Crippen molar-refractivity contribution in [2.75, 3.05) is 25.0 Å². The van der Waals surface area contributed by atoms with Crippen molar-refractivity contribution in [1.82, 2.24) is 15.1 Å². The van der Waals surface area contributed by atoms with Gasteiger partial charge in [0.1, 0.15) is 5.69 Å². The van der Waals surface area contributed by atoms with Crippen molar-refractivity contribution >= 4 is 29.1 Å². The van der Waals surface area contributed by atoms with Crippen LogP contribution in [0.1, 0.15) is 19.3 Å². The van der Waals surface area contributed by atoms with E-state index in [2.05, 4.69) is 56.7 Å². The Morgan fingerprint density at radius 1 is 1.07 bits per heavy atom. The molecule has 0 aliphatic carbocycles. The number of carboxylic acid groups (broad SMARTS) is 2. The molecule has 2 unspecified atom stereocenters. The maximum Gasteiger partial charge on any atom is 0.328 e. The minimum atomic E-state index is -1.26. The standard InChI is InChI=1S/C16H20N4S.C4H4O4/c1-19-12-4-2-5-13(19)11-20(10-12)16-8-7-14(17-18-16)15-6-3-9-21-15;5-3(6)1-2-4(7)8/h3,6-9,12-13H,2,4-5,10-11H2,1H3;1-2H,(H,5,6)(H,7,8)/b;2-1+. The van der Waals surface area contributed by atoms with Gasteiger partial charge in [-0.3, -0.25) is 4.90 Å². The van der Waals surface area contributed by atoms with Crippen LogP contribution in [-0.4, -0.2) is 69.5 Å². The molecule has 8 nitrogen and oxygen atoms in total. The Hall–Kier alpha value is -2.78. The molecule has 4 heterocycles. The number of hydrogen-bond donors (Lipinski definition) is 2. The average Bonchev–Trinajstić information content (AvgIpc) is 3.22. The van der Waals surface area contributed by atoms with Crippen molar-refractivity contribution in [1.29, 1.82) is 0 Å². The number of thiophene rings is 1. The van der Waals surface area contributed by atoms with Gasteiger partial charge in [0.2, 0.25) is 0 Å². The third-order valence-electron chi connectivity index (χ3n) is 5.21. The molecule has 0 spiro atoms. The van der Waals surface area contributed by atoms with Crippen LogP contribution < -0.4 is 4.90 Å². The van der Waals surface area contributed by atoms with Crippen molar-refractivity contribution in [3.8, 4) is 10.6 Å². The van der Waals surface area contributed by atoms with Gasteiger partial charge < -0.3 is 15.1 Å². The number of fused-ring (bicyclic) bond motifs is 2. The van der Waals surface area contributed by atoms with Gasteiger partial charge in [-0.2, -0.15) is 0 Å². The molecule has 0 radical (unpaired) electrons. The van der Waals surface area contributed by atoms with Crippen LogP contribution in [0.5, 0.6) is 0 Å². The molecular formula is C20H24N4O4S. The van der Waals surface area contributed by atoms with E-state index in [1.165, 1.54) is 24.1 Å². The molecular weight excluding hydrogens is 392 g/mol. The third-order valence-corrected chi connectivity index (χ3v) is 6.10. The van der Waals surface area contributed by atoms with Gasteiger partial charge in [0.05, 0.1) is 4.88 Å². The summed E-state index contributed by atoms with van der Waals surface area (Å²) in [6, 6.07) is 9.73. The predicted octanol–water partition coefficient (Wildman–Crippen LogP) is 2.59. The van der Waals surface area contributed by atoms with E-state index >= 15 is 0 Å². The van der Waals surface area contributed by atoms with Crippen molar-refractivity contribution in [3.05, 3.63) is 41.8 Å². The summed E-state index contributed by atoms with van der Waals surface area (Å²) in [5.41, 5.74) is 0.975. The topological polar surface area (TPSA) is 107 Å². The Labute approximate surface area is 173 Å². The molecule has 2 saturated heterocycles. The van der Waals surface area contributed by atoms with Gasteiger partial charge in [-0.25, -0.2) is 9.59 Å². The number of aliphatic carboxylic acids is 2. The van der Waals surface area contributed by atoms with Gasteiger partial charge in [0.25, 0.3) is 0 Å². The number of carbonyl (C=O) groups is 2. The Morgan fingerprint density at radius 2 is 1.72 bits per heavy atom. The molecule has 0 aromatic carbocycles. The fraction of sp³-hybridized carbons (Fsp3) is 0.400. The Kier molecular flexibility index (Phi) is 6.95. The summed E-state index contributed by atoms with van der Waals surface area (Å²) in [5.74, 6) is -1.49. The quantitative estimate of drug-likeness (QED) is 0.733. The van der Waals surface area contributed by atoms with Crippen molar-refractivity contribution < 1.29 is 19.8 Å². The lowest BCUT2D eigenvalue weighted by Gasteiger charge is -2.48. The Morgan fingerprint density at radius 3 is 2.21 bits per heavy atom. The molecule has 0 amide bonds. The van der Waals surface area contributed by atoms with Crippen LogP contribution in [0.15, 0.2) is 41.8 Å². The van der Waals surface area contributed by atoms with E-state index in [1.807, 2.05) is 0 Å². The number of rotatable bonds is 4. The van der Waals surface area contributed by atoms with E-state index in [0.29, 0.717) is 24.2 Å². The van der Waals surface area contributed by atoms with Gasteiger partial charge in [0, 0.05) is 37.3 Å². The smallest absolute Gasteiger partial charge is 0.328 e. The monoisotopic (exact) mass is 416 g/mol. The summed E-state index contributed by atoms with van der Waals surface area (Å²) in [6.07, 6.45) is 5.11. The third kappa shape index (κ3) is 5.61. The van der Waals surface area contributed by atoms with Gasteiger partial charge >= 0.3 is 11.9 Å². The molecule has 2 bridgehead atoms. The number of aromatic nitrogens is 2. The molecule has 0 saturated carbocycles. The summed E-state index contributed by atoms with van der Waals surface area (Å²) in [5, 5.41) is 26.6. The van der Waals surface area contributed by atoms with Gasteiger partial charge in [-0.05, 0) is 43.5 Å². The Bertz CT molecular complexity index is 824. The van der Waals surface area contributed by atoms with Crippen molar-refractivity contribution in [3.63, 3.8) is 0 Å². The first-order valence-corrected chi connectivity index (χ1v) is 10.3. The summed E-state index contributed by atoms with van der Waals surface area (Å²) in [7, 11) is 2.28. The number of nitrogens with zero attached hydrogens (tertiary/aromatic N) is 4. The molecule has 2 atom stereocenters. The fourth-order valence-electron chi connectivity index (χ4n) is 3.70. The summed E-state index contributed by atoms with van der Waals surface area (Å²) in [6.45, 7) is 2.17. The summed E-state index contributed by atoms with van der Waals surface area (Å²) < 4.78 is 0. The number of hydrogen-bond acceptors (Lipinski definition) is 7. The van der Waals surface area contributed by atoms with E-state index < -0.39 is 11.9 Å². The maximum atomic E-state index is 9.55. The van der Waals surface area contributed by atoms with E-state index in [0.717, 1.165) is 24.6 Å². The van der Waals surface area contributed by atoms with E-state index in [1.54, 1.807) is 11.3 Å².